The summed E-state index contributed by atoms with van der Waals surface area (Å²) in [6.45, 7) is 8.75. The van der Waals surface area contributed by atoms with E-state index in [1.165, 1.54) is 17.5 Å². The molecule has 3 nitrogen and oxygen atoms in total. The van der Waals surface area contributed by atoms with Crippen LogP contribution in [0.5, 0.6) is 5.75 Å². The minimum atomic E-state index is -0.224. The summed E-state index contributed by atoms with van der Waals surface area (Å²) >= 11 is 0. The molecule has 0 aromatic heterocycles. The van der Waals surface area contributed by atoms with E-state index in [2.05, 4.69) is 80.3 Å². The van der Waals surface area contributed by atoms with Crippen molar-refractivity contribution in [2.24, 2.45) is 5.92 Å². The Morgan fingerprint density at radius 3 is 2.67 bits per heavy atom. The van der Waals surface area contributed by atoms with E-state index in [1.54, 1.807) is 0 Å². The lowest BCUT2D eigenvalue weighted by Gasteiger charge is -2.56. The number of likely N-dealkylation sites (tertiary alicyclic amines) is 1. The molecule has 2 bridgehead atoms. The van der Waals surface area contributed by atoms with Gasteiger partial charge in [0.2, 0.25) is 0 Å². The largest absolute Gasteiger partial charge is 0.491 e. The second-order valence-electron chi connectivity index (χ2n) is 9.79. The molecule has 1 N–H and O–H groups in total. The van der Waals surface area contributed by atoms with Crippen molar-refractivity contribution >= 4 is 0 Å². The Morgan fingerprint density at radius 2 is 1.90 bits per heavy atom. The predicted molar refractivity (Wildman–Crippen MR) is 123 cm³/mol. The van der Waals surface area contributed by atoms with E-state index < -0.39 is 0 Å². The summed E-state index contributed by atoms with van der Waals surface area (Å²) in [7, 11) is 0. The Hall–Kier alpha value is -1.84. The first-order chi connectivity index (χ1) is 14.5. The van der Waals surface area contributed by atoms with Gasteiger partial charge in [-0.05, 0) is 81.7 Å². The molecule has 0 spiro atoms. The highest BCUT2D eigenvalue weighted by molar-refractivity contribution is 5.36. The second-order valence-corrected chi connectivity index (χ2v) is 9.79. The fourth-order valence-electron chi connectivity index (χ4n) is 5.84. The van der Waals surface area contributed by atoms with Crippen molar-refractivity contribution in [2.75, 3.05) is 13.1 Å². The van der Waals surface area contributed by atoms with E-state index in [4.69, 9.17) is 4.74 Å². The zero-order chi connectivity index (χ0) is 21.1. The Bertz CT molecular complexity index is 821. The topological polar surface area (TPSA) is 32.7 Å². The van der Waals surface area contributed by atoms with Crippen LogP contribution in [0.3, 0.4) is 0 Å². The molecule has 4 rings (SSSR count). The van der Waals surface area contributed by atoms with E-state index >= 15 is 0 Å². The summed E-state index contributed by atoms with van der Waals surface area (Å²) < 4.78 is 5.99. The number of hydrogen-bond acceptors (Lipinski definition) is 3. The average Bonchev–Trinajstić information content (AvgIpc) is 2.72. The lowest BCUT2D eigenvalue weighted by molar-refractivity contribution is -0.0457. The molecule has 162 valence electrons. The molecule has 0 amide bonds. The third-order valence-electron chi connectivity index (χ3n) is 7.25. The second kappa shape index (κ2) is 9.11. The quantitative estimate of drug-likeness (QED) is 0.684. The molecule has 1 aliphatic heterocycles. The number of benzene rings is 2. The van der Waals surface area contributed by atoms with Crippen LogP contribution in [0, 0.1) is 5.92 Å². The normalized spacial score (nSPS) is 29.2. The third-order valence-corrected chi connectivity index (χ3v) is 7.25. The van der Waals surface area contributed by atoms with Crippen LogP contribution < -0.4 is 4.74 Å². The summed E-state index contributed by atoms with van der Waals surface area (Å²) in [6, 6.07) is 19.9. The molecule has 30 heavy (non-hydrogen) atoms. The number of fused-ring (bicyclic) bond motifs is 2. The van der Waals surface area contributed by atoms with Gasteiger partial charge in [-0.3, -0.25) is 4.90 Å². The predicted octanol–water partition coefficient (Wildman–Crippen LogP) is 5.21. The molecule has 2 aliphatic rings. The first kappa shape index (κ1) is 21.4. The Balaban J connectivity index is 1.49. The van der Waals surface area contributed by atoms with Crippen LogP contribution >= 0.6 is 0 Å². The number of aliphatic hydroxyl groups is 1. The molecular weight excluding hydrogens is 370 g/mol. The Morgan fingerprint density at radius 1 is 1.10 bits per heavy atom. The van der Waals surface area contributed by atoms with Gasteiger partial charge in [0.1, 0.15) is 5.75 Å². The smallest absolute Gasteiger partial charge is 0.119 e. The fourth-order valence-corrected chi connectivity index (χ4v) is 5.84. The molecule has 1 heterocycles. The fraction of sp³-hybridized carbons (Fsp3) is 0.556. The Labute approximate surface area is 182 Å². The van der Waals surface area contributed by atoms with Gasteiger partial charge in [-0.1, -0.05) is 49.4 Å². The average molecular weight is 408 g/mol. The number of aliphatic hydroxyl groups excluding tert-OH is 1. The van der Waals surface area contributed by atoms with Crippen LogP contribution in [0.25, 0.3) is 0 Å². The van der Waals surface area contributed by atoms with Crippen LogP contribution in [0.15, 0.2) is 54.6 Å². The van der Waals surface area contributed by atoms with Crippen LogP contribution in [0.1, 0.15) is 57.6 Å². The van der Waals surface area contributed by atoms with E-state index in [-0.39, 0.29) is 17.6 Å². The van der Waals surface area contributed by atoms with Crippen molar-refractivity contribution in [3.63, 3.8) is 0 Å². The van der Waals surface area contributed by atoms with Crippen molar-refractivity contribution in [3.8, 4) is 5.75 Å². The van der Waals surface area contributed by atoms with E-state index in [1.807, 2.05) is 0 Å². The van der Waals surface area contributed by atoms with Crippen molar-refractivity contribution < 1.29 is 9.84 Å². The molecule has 1 unspecified atom stereocenters. The number of aryl methyl sites for hydroxylation is 1. The van der Waals surface area contributed by atoms with Gasteiger partial charge in [0.05, 0.1) is 12.2 Å². The molecule has 1 saturated heterocycles. The maximum atomic E-state index is 10.8. The maximum Gasteiger partial charge on any atom is 0.119 e. The van der Waals surface area contributed by atoms with Gasteiger partial charge in [0.15, 0.2) is 0 Å². The highest BCUT2D eigenvalue weighted by Gasteiger charge is 2.50. The maximum absolute atomic E-state index is 10.8. The third kappa shape index (κ3) is 4.58. The van der Waals surface area contributed by atoms with Crippen molar-refractivity contribution in [1.82, 2.24) is 4.90 Å². The molecule has 0 radical (unpaired) electrons. The summed E-state index contributed by atoms with van der Waals surface area (Å²) in [5, 5.41) is 10.8. The zero-order valence-corrected chi connectivity index (χ0v) is 18.8. The van der Waals surface area contributed by atoms with Gasteiger partial charge in [-0.2, -0.15) is 0 Å². The summed E-state index contributed by atoms with van der Waals surface area (Å²) in [6.07, 6.45) is 5.16. The number of rotatable bonds is 7. The summed E-state index contributed by atoms with van der Waals surface area (Å²) in [5.41, 5.74) is 2.82. The zero-order valence-electron chi connectivity index (χ0n) is 18.8. The van der Waals surface area contributed by atoms with Gasteiger partial charge < -0.3 is 9.84 Å². The first-order valence-electron chi connectivity index (χ1n) is 11.7. The van der Waals surface area contributed by atoms with E-state index in [0.717, 1.165) is 44.5 Å². The number of ether oxygens (including phenoxy) is 1. The van der Waals surface area contributed by atoms with Gasteiger partial charge >= 0.3 is 0 Å². The monoisotopic (exact) mass is 407 g/mol. The standard InChI is InChI=1S/C27H37NO2/c1-20(2)30-26-13-7-12-23(15-26)27-17-24(16-25(29)18-27)28(19-21(27)3)14-8-11-22-9-5-4-6-10-22/h4-7,9-10,12-13,15,20-21,24-25,29H,8,11,14,16-19H2,1-3H3/t21-,24+,25?,27-/m1/s1. The number of piperidine rings is 1. The highest BCUT2D eigenvalue weighted by atomic mass is 16.5. The minimum Gasteiger partial charge on any atom is -0.491 e. The molecule has 4 atom stereocenters. The van der Waals surface area contributed by atoms with E-state index in [0.29, 0.717) is 12.0 Å². The molecule has 3 heteroatoms. The molecule has 2 aromatic carbocycles. The van der Waals surface area contributed by atoms with Gasteiger partial charge in [-0.25, -0.2) is 0 Å². The first-order valence-corrected chi connectivity index (χ1v) is 11.7. The van der Waals surface area contributed by atoms with Gasteiger partial charge in [0.25, 0.3) is 0 Å². The van der Waals surface area contributed by atoms with Crippen molar-refractivity contribution in [2.45, 2.75) is 76.5 Å². The van der Waals surface area contributed by atoms with Crippen molar-refractivity contribution in [1.29, 1.82) is 0 Å². The van der Waals surface area contributed by atoms with Crippen molar-refractivity contribution in [3.05, 3.63) is 65.7 Å². The minimum absolute atomic E-state index is 0.0502. The van der Waals surface area contributed by atoms with E-state index in [9.17, 15) is 5.11 Å². The lowest BCUT2D eigenvalue weighted by Crippen LogP contribution is -2.59. The SMILES string of the molecule is CC(C)Oc1cccc([C@@]23CC(O)C[C@@H](C2)N(CCCc2ccccc2)C[C@H]3C)c1. The molecular formula is C27H37NO2. The number of nitrogens with zero attached hydrogens (tertiary/aromatic N) is 1. The summed E-state index contributed by atoms with van der Waals surface area (Å²) in [5.74, 6) is 1.46. The van der Waals surface area contributed by atoms with Gasteiger partial charge in [0, 0.05) is 18.0 Å². The summed E-state index contributed by atoms with van der Waals surface area (Å²) in [4.78, 5) is 2.66. The van der Waals surface area contributed by atoms with Crippen LogP contribution in [-0.2, 0) is 11.8 Å². The molecule has 2 fully saturated rings. The van der Waals surface area contributed by atoms with Crippen LogP contribution in [0.4, 0.5) is 0 Å². The highest BCUT2D eigenvalue weighted by Crippen LogP contribution is 2.50. The molecule has 2 aromatic rings. The van der Waals surface area contributed by atoms with Crippen LogP contribution in [0.2, 0.25) is 0 Å². The number of hydrogen-bond donors (Lipinski definition) is 1. The molecule has 1 saturated carbocycles. The van der Waals surface area contributed by atoms with Crippen LogP contribution in [-0.4, -0.2) is 41.3 Å². The molecule has 1 aliphatic carbocycles. The Kier molecular flexibility index (Phi) is 6.50. The van der Waals surface area contributed by atoms with Gasteiger partial charge in [-0.15, -0.1) is 0 Å². The lowest BCUT2D eigenvalue weighted by atomic mass is 9.58.